The van der Waals surface area contributed by atoms with E-state index in [9.17, 15) is 0 Å². The molecule has 1 aromatic carbocycles. The number of thioether (sulfide) groups is 1. The lowest BCUT2D eigenvalue weighted by atomic mass is 10.3. The predicted molar refractivity (Wildman–Crippen MR) is 74.5 cm³/mol. The number of alkyl halides is 1. The summed E-state index contributed by atoms with van der Waals surface area (Å²) >= 11 is 5.26. The number of unbranched alkanes of at least 4 members (excludes halogenated alkanes) is 2. The Hall–Kier alpha value is -0.480. The van der Waals surface area contributed by atoms with Gasteiger partial charge < -0.3 is 4.98 Å². The van der Waals surface area contributed by atoms with Crippen LogP contribution >= 0.6 is 27.7 Å². The highest BCUT2D eigenvalue weighted by Gasteiger charge is 2.01. The summed E-state index contributed by atoms with van der Waals surface area (Å²) < 4.78 is 0. The smallest absolute Gasteiger partial charge is 0.166 e. The molecular weight excluding hydrogens is 284 g/mol. The summed E-state index contributed by atoms with van der Waals surface area (Å²) in [5.74, 6) is 1.15. The fourth-order valence-corrected chi connectivity index (χ4v) is 2.82. The Morgan fingerprint density at radius 1 is 1.19 bits per heavy atom. The number of halogens is 1. The van der Waals surface area contributed by atoms with Crippen molar-refractivity contribution in [2.24, 2.45) is 0 Å². The molecule has 0 saturated heterocycles. The van der Waals surface area contributed by atoms with Crippen LogP contribution in [0.2, 0.25) is 0 Å². The van der Waals surface area contributed by atoms with Crippen molar-refractivity contribution >= 4 is 38.7 Å². The molecule has 0 fully saturated rings. The van der Waals surface area contributed by atoms with Gasteiger partial charge in [0.1, 0.15) is 0 Å². The van der Waals surface area contributed by atoms with Crippen LogP contribution in [0, 0.1) is 0 Å². The number of aromatic amines is 1. The first-order valence-corrected chi connectivity index (χ1v) is 7.64. The quantitative estimate of drug-likeness (QED) is 0.491. The van der Waals surface area contributed by atoms with Crippen LogP contribution in [0.1, 0.15) is 19.3 Å². The standard InChI is InChI=1S/C12H15BrN2S/c13-8-4-1-5-9-16-12-14-10-6-2-3-7-11(10)15-12/h2-3,6-7H,1,4-5,8-9H2,(H,14,15). The molecule has 0 aliphatic rings. The van der Waals surface area contributed by atoms with Crippen molar-refractivity contribution in [2.75, 3.05) is 11.1 Å². The molecule has 0 unspecified atom stereocenters. The summed E-state index contributed by atoms with van der Waals surface area (Å²) in [6, 6.07) is 8.16. The van der Waals surface area contributed by atoms with Crippen molar-refractivity contribution in [1.82, 2.24) is 9.97 Å². The molecule has 0 spiro atoms. The van der Waals surface area contributed by atoms with Crippen molar-refractivity contribution in [3.05, 3.63) is 24.3 Å². The van der Waals surface area contributed by atoms with E-state index in [-0.39, 0.29) is 0 Å². The monoisotopic (exact) mass is 298 g/mol. The third-order valence-electron chi connectivity index (χ3n) is 2.38. The van der Waals surface area contributed by atoms with Gasteiger partial charge in [0.15, 0.2) is 5.16 Å². The van der Waals surface area contributed by atoms with Crippen LogP contribution in [0.5, 0.6) is 0 Å². The van der Waals surface area contributed by atoms with Gasteiger partial charge in [0, 0.05) is 11.1 Å². The maximum Gasteiger partial charge on any atom is 0.166 e. The van der Waals surface area contributed by atoms with Crippen molar-refractivity contribution in [1.29, 1.82) is 0 Å². The lowest BCUT2D eigenvalue weighted by molar-refractivity contribution is 0.787. The molecule has 0 radical (unpaired) electrons. The van der Waals surface area contributed by atoms with Gasteiger partial charge in [0.2, 0.25) is 0 Å². The summed E-state index contributed by atoms with van der Waals surface area (Å²) in [6.45, 7) is 0. The number of benzene rings is 1. The molecule has 0 bridgehead atoms. The molecule has 1 N–H and O–H groups in total. The highest BCUT2D eigenvalue weighted by molar-refractivity contribution is 9.09. The third-order valence-corrected chi connectivity index (χ3v) is 3.90. The molecule has 1 aromatic heterocycles. The number of para-hydroxylation sites is 2. The number of aromatic nitrogens is 2. The van der Waals surface area contributed by atoms with E-state index in [0.29, 0.717) is 0 Å². The van der Waals surface area contributed by atoms with Crippen molar-refractivity contribution in [3.8, 4) is 0 Å². The van der Waals surface area contributed by atoms with E-state index in [1.807, 2.05) is 30.0 Å². The minimum Gasteiger partial charge on any atom is -0.333 e. The van der Waals surface area contributed by atoms with E-state index in [2.05, 4.69) is 32.0 Å². The van der Waals surface area contributed by atoms with Crippen molar-refractivity contribution in [2.45, 2.75) is 24.4 Å². The van der Waals surface area contributed by atoms with E-state index < -0.39 is 0 Å². The summed E-state index contributed by atoms with van der Waals surface area (Å²) in [6.07, 6.45) is 3.81. The molecule has 0 atom stereocenters. The molecule has 86 valence electrons. The Morgan fingerprint density at radius 3 is 2.88 bits per heavy atom. The largest absolute Gasteiger partial charge is 0.333 e. The minimum atomic E-state index is 1.04. The van der Waals surface area contributed by atoms with E-state index in [1.54, 1.807) is 0 Å². The SMILES string of the molecule is BrCCCCCSc1nc2ccccc2[nH]1. The molecule has 0 aliphatic heterocycles. The molecule has 2 nitrogen and oxygen atoms in total. The Morgan fingerprint density at radius 2 is 2.06 bits per heavy atom. The van der Waals surface area contributed by atoms with Gasteiger partial charge in [-0.1, -0.05) is 46.2 Å². The number of rotatable bonds is 6. The zero-order chi connectivity index (χ0) is 11.2. The van der Waals surface area contributed by atoms with Gasteiger partial charge in [-0.05, 0) is 25.0 Å². The average Bonchev–Trinajstić information content (AvgIpc) is 2.71. The Labute approximate surface area is 108 Å². The zero-order valence-electron chi connectivity index (χ0n) is 9.08. The normalized spacial score (nSPS) is 11.1. The predicted octanol–water partition coefficient (Wildman–Crippen LogP) is 4.22. The first-order valence-electron chi connectivity index (χ1n) is 5.53. The Kier molecular flexibility index (Phi) is 4.72. The van der Waals surface area contributed by atoms with E-state index >= 15 is 0 Å². The number of nitrogens with one attached hydrogen (secondary N) is 1. The lowest BCUT2D eigenvalue weighted by Gasteiger charge is -1.96. The maximum atomic E-state index is 4.53. The Balaban J connectivity index is 1.85. The molecule has 0 aliphatic carbocycles. The highest BCUT2D eigenvalue weighted by atomic mass is 79.9. The Bertz CT molecular complexity index is 408. The highest BCUT2D eigenvalue weighted by Crippen LogP contribution is 2.20. The van der Waals surface area contributed by atoms with Gasteiger partial charge >= 0.3 is 0 Å². The van der Waals surface area contributed by atoms with Crippen LogP contribution in [0.4, 0.5) is 0 Å². The topological polar surface area (TPSA) is 28.7 Å². The molecule has 2 aromatic rings. The number of H-pyrrole nitrogens is 1. The fourth-order valence-electron chi connectivity index (χ4n) is 1.54. The second-order valence-electron chi connectivity index (χ2n) is 3.66. The first-order chi connectivity index (χ1) is 7.90. The third kappa shape index (κ3) is 3.25. The van der Waals surface area contributed by atoms with Gasteiger partial charge in [-0.25, -0.2) is 4.98 Å². The van der Waals surface area contributed by atoms with Crippen molar-refractivity contribution < 1.29 is 0 Å². The van der Waals surface area contributed by atoms with E-state index in [0.717, 1.165) is 27.3 Å². The van der Waals surface area contributed by atoms with Crippen LogP contribution < -0.4 is 0 Å². The second-order valence-corrected chi connectivity index (χ2v) is 5.53. The molecule has 0 saturated carbocycles. The molecular formula is C12H15BrN2S. The minimum absolute atomic E-state index is 1.04. The second kappa shape index (κ2) is 6.30. The number of fused-ring (bicyclic) bond motifs is 1. The van der Waals surface area contributed by atoms with Crippen LogP contribution in [-0.2, 0) is 0 Å². The van der Waals surface area contributed by atoms with Crippen LogP contribution in [0.15, 0.2) is 29.4 Å². The van der Waals surface area contributed by atoms with Crippen LogP contribution in [0.3, 0.4) is 0 Å². The van der Waals surface area contributed by atoms with Gasteiger partial charge in [0.05, 0.1) is 11.0 Å². The number of nitrogens with zero attached hydrogens (tertiary/aromatic N) is 1. The maximum absolute atomic E-state index is 4.53. The van der Waals surface area contributed by atoms with E-state index in [4.69, 9.17) is 0 Å². The lowest BCUT2D eigenvalue weighted by Crippen LogP contribution is -1.83. The van der Waals surface area contributed by atoms with Gasteiger partial charge in [0.25, 0.3) is 0 Å². The number of hydrogen-bond acceptors (Lipinski definition) is 2. The van der Waals surface area contributed by atoms with Crippen LogP contribution in [0.25, 0.3) is 11.0 Å². The number of hydrogen-bond donors (Lipinski definition) is 1. The number of imidazole rings is 1. The summed E-state index contributed by atoms with van der Waals surface area (Å²) in [7, 11) is 0. The van der Waals surface area contributed by atoms with Gasteiger partial charge in [-0.2, -0.15) is 0 Å². The molecule has 2 rings (SSSR count). The molecule has 0 amide bonds. The zero-order valence-corrected chi connectivity index (χ0v) is 11.5. The first kappa shape index (κ1) is 12.0. The molecule has 4 heteroatoms. The summed E-state index contributed by atoms with van der Waals surface area (Å²) in [4.78, 5) is 7.86. The molecule has 1 heterocycles. The summed E-state index contributed by atoms with van der Waals surface area (Å²) in [5.41, 5.74) is 2.19. The van der Waals surface area contributed by atoms with Gasteiger partial charge in [-0.3, -0.25) is 0 Å². The van der Waals surface area contributed by atoms with Gasteiger partial charge in [-0.15, -0.1) is 0 Å². The fraction of sp³-hybridized carbons (Fsp3) is 0.417. The van der Waals surface area contributed by atoms with Crippen LogP contribution in [-0.4, -0.2) is 21.1 Å². The molecule has 16 heavy (non-hydrogen) atoms. The average molecular weight is 299 g/mol. The summed E-state index contributed by atoms with van der Waals surface area (Å²) in [5, 5.41) is 2.16. The van der Waals surface area contributed by atoms with E-state index in [1.165, 1.54) is 19.3 Å². The van der Waals surface area contributed by atoms with Crippen molar-refractivity contribution in [3.63, 3.8) is 0 Å².